The van der Waals surface area contributed by atoms with Gasteiger partial charge in [0.2, 0.25) is 0 Å². The number of nitrogens with one attached hydrogen (secondary N) is 1. The number of benzene rings is 1. The summed E-state index contributed by atoms with van der Waals surface area (Å²) >= 11 is 0. The highest BCUT2D eigenvalue weighted by Crippen LogP contribution is 2.13. The van der Waals surface area contributed by atoms with Crippen LogP contribution in [0.4, 0.5) is 0 Å². The molecule has 1 unspecified atom stereocenters. The lowest BCUT2D eigenvalue weighted by molar-refractivity contribution is -0.140. The normalized spacial score (nSPS) is 12.4. The van der Waals surface area contributed by atoms with E-state index in [0.717, 1.165) is 6.42 Å². The van der Waals surface area contributed by atoms with Crippen molar-refractivity contribution in [1.29, 1.82) is 0 Å². The number of aryl methyl sites for hydroxylation is 1. The van der Waals surface area contributed by atoms with E-state index < -0.39 is 12.0 Å². The van der Waals surface area contributed by atoms with Gasteiger partial charge in [0.15, 0.2) is 0 Å². The molecule has 0 aliphatic heterocycles. The molecule has 100 valence electrons. The van der Waals surface area contributed by atoms with Gasteiger partial charge in [0.05, 0.1) is 0 Å². The summed E-state index contributed by atoms with van der Waals surface area (Å²) in [5.41, 5.74) is 1.18. The summed E-state index contributed by atoms with van der Waals surface area (Å²) in [4.78, 5) is 11.0. The Morgan fingerprint density at radius 2 is 2.17 bits per heavy atom. The lowest BCUT2D eigenvalue weighted by Crippen LogP contribution is -2.44. The first kappa shape index (κ1) is 14.5. The van der Waals surface area contributed by atoms with E-state index in [4.69, 9.17) is 9.84 Å². The van der Waals surface area contributed by atoms with Crippen molar-refractivity contribution >= 4 is 5.97 Å². The van der Waals surface area contributed by atoms with Gasteiger partial charge in [0.25, 0.3) is 0 Å². The average Bonchev–Trinajstić information content (AvgIpc) is 2.34. The Morgan fingerprint density at radius 1 is 1.44 bits per heavy atom. The zero-order valence-electron chi connectivity index (χ0n) is 11.1. The number of rotatable bonds is 7. The average molecular weight is 251 g/mol. The van der Waals surface area contributed by atoms with E-state index in [2.05, 4.69) is 12.2 Å². The summed E-state index contributed by atoms with van der Waals surface area (Å²) in [6.07, 6.45) is 0.934. The smallest absolute Gasteiger partial charge is 0.324 e. The Hall–Kier alpha value is -1.55. The number of carboxylic acid groups (broad SMARTS) is 1. The first-order chi connectivity index (χ1) is 8.52. The molecule has 0 spiro atoms. The minimum absolute atomic E-state index is 0.108. The molecule has 0 aliphatic rings. The molecule has 1 atom stereocenters. The highest BCUT2D eigenvalue weighted by molar-refractivity contribution is 5.73. The van der Waals surface area contributed by atoms with Crippen molar-refractivity contribution < 1.29 is 14.6 Å². The summed E-state index contributed by atoms with van der Waals surface area (Å²) in [6, 6.07) is 7.14. The molecule has 1 aromatic rings. The number of ether oxygens (including phenoxy) is 1. The van der Waals surface area contributed by atoms with Gasteiger partial charge in [-0.3, -0.25) is 10.1 Å². The van der Waals surface area contributed by atoms with Crippen LogP contribution in [-0.2, 0) is 11.2 Å². The maximum Gasteiger partial charge on any atom is 0.324 e. The summed E-state index contributed by atoms with van der Waals surface area (Å²) < 4.78 is 5.53. The van der Waals surface area contributed by atoms with Gasteiger partial charge in [0, 0.05) is 6.04 Å². The summed E-state index contributed by atoms with van der Waals surface area (Å²) in [7, 11) is 0. The SMILES string of the molecule is CCc1cccc(OCC(NC(C)C)C(=O)O)c1. The molecule has 0 aromatic heterocycles. The van der Waals surface area contributed by atoms with Crippen molar-refractivity contribution in [2.24, 2.45) is 0 Å². The van der Waals surface area contributed by atoms with Gasteiger partial charge in [0.1, 0.15) is 18.4 Å². The molecule has 0 saturated carbocycles. The summed E-state index contributed by atoms with van der Waals surface area (Å²) in [5, 5.41) is 12.0. The van der Waals surface area contributed by atoms with Crippen LogP contribution in [0.15, 0.2) is 24.3 Å². The van der Waals surface area contributed by atoms with Gasteiger partial charge in [-0.05, 0) is 24.1 Å². The van der Waals surface area contributed by atoms with Crippen molar-refractivity contribution in [2.75, 3.05) is 6.61 Å². The molecule has 0 heterocycles. The lowest BCUT2D eigenvalue weighted by Gasteiger charge is -2.18. The number of aliphatic carboxylic acids is 1. The van der Waals surface area contributed by atoms with Crippen molar-refractivity contribution in [1.82, 2.24) is 5.32 Å². The second kappa shape index (κ2) is 7.01. The molecule has 1 rings (SSSR count). The van der Waals surface area contributed by atoms with Gasteiger partial charge in [-0.15, -0.1) is 0 Å². The predicted molar refractivity (Wildman–Crippen MR) is 71.0 cm³/mol. The minimum Gasteiger partial charge on any atom is -0.491 e. The van der Waals surface area contributed by atoms with Crippen LogP contribution in [-0.4, -0.2) is 29.8 Å². The molecule has 18 heavy (non-hydrogen) atoms. The van der Waals surface area contributed by atoms with Crippen LogP contribution in [0.5, 0.6) is 5.75 Å². The maximum atomic E-state index is 11.0. The second-order valence-electron chi connectivity index (χ2n) is 4.52. The predicted octanol–water partition coefficient (Wildman–Crippen LogP) is 2.08. The summed E-state index contributed by atoms with van der Waals surface area (Å²) in [6.45, 7) is 6.02. The van der Waals surface area contributed by atoms with Crippen molar-refractivity contribution in [3.05, 3.63) is 29.8 Å². The highest BCUT2D eigenvalue weighted by Gasteiger charge is 2.18. The zero-order valence-corrected chi connectivity index (χ0v) is 11.1. The quantitative estimate of drug-likeness (QED) is 0.779. The monoisotopic (exact) mass is 251 g/mol. The van der Waals surface area contributed by atoms with Crippen molar-refractivity contribution in [3.63, 3.8) is 0 Å². The van der Waals surface area contributed by atoms with Crippen LogP contribution in [0, 0.1) is 0 Å². The number of hydrogen-bond acceptors (Lipinski definition) is 3. The van der Waals surface area contributed by atoms with Crippen LogP contribution in [0.2, 0.25) is 0 Å². The molecule has 0 radical (unpaired) electrons. The van der Waals surface area contributed by atoms with E-state index >= 15 is 0 Å². The van der Waals surface area contributed by atoms with E-state index in [1.807, 2.05) is 38.1 Å². The lowest BCUT2D eigenvalue weighted by atomic mass is 10.2. The van der Waals surface area contributed by atoms with Crippen LogP contribution < -0.4 is 10.1 Å². The number of hydrogen-bond donors (Lipinski definition) is 2. The molecule has 0 fully saturated rings. The number of carboxylic acids is 1. The molecule has 2 N–H and O–H groups in total. The third kappa shape index (κ3) is 4.75. The maximum absolute atomic E-state index is 11.0. The molecule has 0 amide bonds. The van der Waals surface area contributed by atoms with Crippen molar-refractivity contribution in [2.45, 2.75) is 39.3 Å². The van der Waals surface area contributed by atoms with E-state index in [1.165, 1.54) is 5.56 Å². The molecule has 1 aromatic carbocycles. The van der Waals surface area contributed by atoms with Gasteiger partial charge >= 0.3 is 5.97 Å². The van der Waals surface area contributed by atoms with E-state index in [9.17, 15) is 4.79 Å². The molecular weight excluding hydrogens is 230 g/mol. The van der Waals surface area contributed by atoms with E-state index in [1.54, 1.807) is 0 Å². The van der Waals surface area contributed by atoms with Crippen LogP contribution in [0.1, 0.15) is 26.3 Å². The zero-order chi connectivity index (χ0) is 13.5. The Labute approximate surface area is 108 Å². The van der Waals surface area contributed by atoms with Crippen LogP contribution in [0.25, 0.3) is 0 Å². The molecule has 4 heteroatoms. The Balaban J connectivity index is 2.58. The fourth-order valence-electron chi connectivity index (χ4n) is 1.63. The Kier molecular flexibility index (Phi) is 5.65. The Morgan fingerprint density at radius 3 is 2.72 bits per heavy atom. The fraction of sp³-hybridized carbons (Fsp3) is 0.500. The van der Waals surface area contributed by atoms with Gasteiger partial charge in [-0.25, -0.2) is 0 Å². The highest BCUT2D eigenvalue weighted by atomic mass is 16.5. The number of carbonyl (C=O) groups is 1. The second-order valence-corrected chi connectivity index (χ2v) is 4.52. The van der Waals surface area contributed by atoms with Gasteiger partial charge in [-0.2, -0.15) is 0 Å². The molecular formula is C14H21NO3. The van der Waals surface area contributed by atoms with Gasteiger partial charge < -0.3 is 9.84 Å². The van der Waals surface area contributed by atoms with E-state index in [-0.39, 0.29) is 12.6 Å². The Bertz CT molecular complexity index is 390. The van der Waals surface area contributed by atoms with E-state index in [0.29, 0.717) is 5.75 Å². The molecule has 0 bridgehead atoms. The van der Waals surface area contributed by atoms with Crippen molar-refractivity contribution in [3.8, 4) is 5.75 Å². The minimum atomic E-state index is -0.893. The van der Waals surface area contributed by atoms with Gasteiger partial charge in [-0.1, -0.05) is 32.9 Å². The fourth-order valence-corrected chi connectivity index (χ4v) is 1.63. The summed E-state index contributed by atoms with van der Waals surface area (Å²) in [5.74, 6) is -0.179. The topological polar surface area (TPSA) is 58.6 Å². The largest absolute Gasteiger partial charge is 0.491 e. The first-order valence-electron chi connectivity index (χ1n) is 6.23. The first-order valence-corrected chi connectivity index (χ1v) is 6.23. The van der Waals surface area contributed by atoms with Crippen LogP contribution in [0.3, 0.4) is 0 Å². The van der Waals surface area contributed by atoms with Crippen LogP contribution >= 0.6 is 0 Å². The molecule has 0 aliphatic carbocycles. The molecule has 4 nitrogen and oxygen atoms in total. The third-order valence-electron chi connectivity index (χ3n) is 2.56. The molecule has 0 saturated heterocycles. The third-order valence-corrected chi connectivity index (χ3v) is 2.56. The standard InChI is InChI=1S/C14H21NO3/c1-4-11-6-5-7-12(8-11)18-9-13(14(16)17)15-10(2)3/h5-8,10,13,15H,4,9H2,1-3H3,(H,16,17).